The number of carboxylic acid groups (broad SMARTS) is 1. The predicted molar refractivity (Wildman–Crippen MR) is 68.9 cm³/mol. The monoisotopic (exact) mass is 238 g/mol. The van der Waals surface area contributed by atoms with E-state index in [9.17, 15) is 9.90 Å². The fraction of sp³-hybridized carbons (Fsp3) is 0.933. The molecule has 0 spiro atoms. The van der Waals surface area contributed by atoms with Crippen LogP contribution in [0.1, 0.15) is 71.6 Å². The molecule has 98 valence electrons. The third-order valence-electron chi connectivity index (χ3n) is 5.31. The van der Waals surface area contributed by atoms with E-state index in [4.69, 9.17) is 0 Å². The van der Waals surface area contributed by atoms with E-state index in [1.165, 1.54) is 19.3 Å². The summed E-state index contributed by atoms with van der Waals surface area (Å²) in [6.45, 7) is 4.55. The van der Waals surface area contributed by atoms with E-state index in [-0.39, 0.29) is 5.41 Å². The van der Waals surface area contributed by atoms with Crippen LogP contribution in [0.5, 0.6) is 0 Å². The zero-order chi connectivity index (χ0) is 12.5. The fourth-order valence-electron chi connectivity index (χ4n) is 3.82. The Morgan fingerprint density at radius 2 is 1.53 bits per heavy atom. The zero-order valence-electron chi connectivity index (χ0n) is 11.3. The average Bonchev–Trinajstić information content (AvgIpc) is 2.30. The minimum atomic E-state index is -0.514. The molecular weight excluding hydrogens is 212 g/mol. The van der Waals surface area contributed by atoms with Crippen LogP contribution in [-0.4, -0.2) is 11.1 Å². The molecule has 0 aromatic rings. The van der Waals surface area contributed by atoms with Crippen LogP contribution in [-0.2, 0) is 4.79 Å². The minimum Gasteiger partial charge on any atom is -0.481 e. The van der Waals surface area contributed by atoms with Gasteiger partial charge in [-0.3, -0.25) is 4.79 Å². The van der Waals surface area contributed by atoms with Gasteiger partial charge in [-0.05, 0) is 49.9 Å². The van der Waals surface area contributed by atoms with E-state index in [0.717, 1.165) is 38.5 Å². The first-order valence-electron chi connectivity index (χ1n) is 7.20. The Balaban J connectivity index is 2.13. The minimum absolute atomic E-state index is 0.355. The number of aliphatic carboxylic acids is 1. The van der Waals surface area contributed by atoms with Crippen LogP contribution < -0.4 is 0 Å². The van der Waals surface area contributed by atoms with Crippen LogP contribution in [0.25, 0.3) is 0 Å². The summed E-state index contributed by atoms with van der Waals surface area (Å²) in [5.74, 6) is -0.0650. The average molecular weight is 238 g/mol. The van der Waals surface area contributed by atoms with Crippen molar-refractivity contribution >= 4 is 5.97 Å². The largest absolute Gasteiger partial charge is 0.481 e. The maximum Gasteiger partial charge on any atom is 0.309 e. The molecule has 2 saturated carbocycles. The third kappa shape index (κ3) is 2.51. The first-order valence-corrected chi connectivity index (χ1v) is 7.20. The molecule has 0 bridgehead atoms. The molecule has 0 radical (unpaired) electrons. The molecule has 2 aliphatic carbocycles. The van der Waals surface area contributed by atoms with Crippen molar-refractivity contribution in [2.75, 3.05) is 0 Å². The molecule has 0 amide bonds. The van der Waals surface area contributed by atoms with E-state index >= 15 is 0 Å². The van der Waals surface area contributed by atoms with Gasteiger partial charge in [0.2, 0.25) is 0 Å². The standard InChI is InChI=1S/C15H26O2/c1-14(2)8-10-15(11-9-14,13(16)17)12-6-4-3-5-7-12/h12H,3-11H2,1-2H3,(H,16,17). The lowest BCUT2D eigenvalue weighted by Gasteiger charge is -2.46. The van der Waals surface area contributed by atoms with Crippen molar-refractivity contribution in [3.8, 4) is 0 Å². The van der Waals surface area contributed by atoms with Crippen molar-refractivity contribution in [2.45, 2.75) is 71.6 Å². The molecule has 2 heteroatoms. The van der Waals surface area contributed by atoms with Gasteiger partial charge in [-0.15, -0.1) is 0 Å². The summed E-state index contributed by atoms with van der Waals surface area (Å²) in [6.07, 6.45) is 10.0. The molecule has 0 heterocycles. The van der Waals surface area contributed by atoms with Crippen molar-refractivity contribution in [3.63, 3.8) is 0 Å². The van der Waals surface area contributed by atoms with Gasteiger partial charge in [-0.1, -0.05) is 33.1 Å². The fourth-order valence-corrected chi connectivity index (χ4v) is 3.82. The smallest absolute Gasteiger partial charge is 0.309 e. The second-order valence-electron chi connectivity index (χ2n) is 6.96. The van der Waals surface area contributed by atoms with Crippen LogP contribution in [0.4, 0.5) is 0 Å². The predicted octanol–water partition coefficient (Wildman–Crippen LogP) is 4.24. The van der Waals surface area contributed by atoms with Gasteiger partial charge >= 0.3 is 5.97 Å². The molecule has 0 aromatic carbocycles. The highest BCUT2D eigenvalue weighted by Gasteiger charge is 2.49. The molecule has 0 atom stereocenters. The van der Waals surface area contributed by atoms with Gasteiger partial charge < -0.3 is 5.11 Å². The lowest BCUT2D eigenvalue weighted by atomic mass is 9.57. The number of hydrogen-bond donors (Lipinski definition) is 1. The summed E-state index contributed by atoms with van der Waals surface area (Å²) < 4.78 is 0. The van der Waals surface area contributed by atoms with Crippen LogP contribution in [0.2, 0.25) is 0 Å². The molecule has 2 fully saturated rings. The Hall–Kier alpha value is -0.530. The maximum absolute atomic E-state index is 11.8. The van der Waals surface area contributed by atoms with Crippen molar-refractivity contribution in [3.05, 3.63) is 0 Å². The van der Waals surface area contributed by atoms with Crippen LogP contribution in [0.3, 0.4) is 0 Å². The Morgan fingerprint density at radius 1 is 1.00 bits per heavy atom. The first-order chi connectivity index (χ1) is 7.96. The lowest BCUT2D eigenvalue weighted by Crippen LogP contribution is -2.44. The van der Waals surface area contributed by atoms with Gasteiger partial charge in [0.25, 0.3) is 0 Å². The maximum atomic E-state index is 11.8. The summed E-state index contributed by atoms with van der Waals surface area (Å²) in [6, 6.07) is 0. The summed E-state index contributed by atoms with van der Waals surface area (Å²) in [7, 11) is 0. The quantitative estimate of drug-likeness (QED) is 0.781. The normalized spacial score (nSPS) is 28.8. The van der Waals surface area contributed by atoms with Gasteiger partial charge in [0.15, 0.2) is 0 Å². The van der Waals surface area contributed by atoms with Crippen LogP contribution in [0, 0.1) is 16.7 Å². The summed E-state index contributed by atoms with van der Waals surface area (Å²) >= 11 is 0. The molecule has 0 aromatic heterocycles. The summed E-state index contributed by atoms with van der Waals surface area (Å²) in [4.78, 5) is 11.8. The molecule has 0 aliphatic heterocycles. The Labute approximate surface area is 105 Å². The van der Waals surface area contributed by atoms with E-state index in [0.29, 0.717) is 11.3 Å². The number of carbonyl (C=O) groups is 1. The highest BCUT2D eigenvalue weighted by Crippen LogP contribution is 2.52. The SMILES string of the molecule is CC1(C)CCC(C(=O)O)(C2CCCCC2)CC1. The second kappa shape index (κ2) is 4.62. The molecule has 2 rings (SSSR count). The van der Waals surface area contributed by atoms with Gasteiger partial charge in [0, 0.05) is 0 Å². The highest BCUT2D eigenvalue weighted by atomic mass is 16.4. The topological polar surface area (TPSA) is 37.3 Å². The highest BCUT2D eigenvalue weighted by molar-refractivity contribution is 5.75. The Kier molecular flexibility index (Phi) is 3.51. The zero-order valence-corrected chi connectivity index (χ0v) is 11.3. The molecule has 0 saturated heterocycles. The Bertz CT molecular complexity index is 277. The molecule has 1 N–H and O–H groups in total. The third-order valence-corrected chi connectivity index (χ3v) is 5.31. The van der Waals surface area contributed by atoms with Crippen molar-refractivity contribution in [2.24, 2.45) is 16.7 Å². The van der Waals surface area contributed by atoms with E-state index in [2.05, 4.69) is 13.8 Å². The summed E-state index contributed by atoms with van der Waals surface area (Å²) in [5.41, 5.74) is -0.0242. The molecule has 2 nitrogen and oxygen atoms in total. The number of rotatable bonds is 2. The van der Waals surface area contributed by atoms with Gasteiger partial charge in [0.05, 0.1) is 5.41 Å². The van der Waals surface area contributed by atoms with E-state index < -0.39 is 5.97 Å². The van der Waals surface area contributed by atoms with E-state index in [1.807, 2.05) is 0 Å². The molecule has 17 heavy (non-hydrogen) atoms. The first kappa shape index (κ1) is 12.9. The van der Waals surface area contributed by atoms with Gasteiger partial charge in [0.1, 0.15) is 0 Å². The second-order valence-corrected chi connectivity index (χ2v) is 6.96. The Morgan fingerprint density at radius 3 is 2.00 bits per heavy atom. The number of carboxylic acids is 1. The lowest BCUT2D eigenvalue weighted by molar-refractivity contribution is -0.158. The molecule has 2 aliphatic rings. The van der Waals surface area contributed by atoms with E-state index in [1.54, 1.807) is 0 Å². The van der Waals surface area contributed by atoms with Gasteiger partial charge in [-0.25, -0.2) is 0 Å². The van der Waals surface area contributed by atoms with Crippen LogP contribution in [0.15, 0.2) is 0 Å². The van der Waals surface area contributed by atoms with Gasteiger partial charge in [-0.2, -0.15) is 0 Å². The van der Waals surface area contributed by atoms with Crippen molar-refractivity contribution < 1.29 is 9.90 Å². The number of hydrogen-bond acceptors (Lipinski definition) is 1. The van der Waals surface area contributed by atoms with Crippen molar-refractivity contribution in [1.29, 1.82) is 0 Å². The summed E-state index contributed by atoms with van der Waals surface area (Å²) in [5, 5.41) is 9.71. The molecule has 0 unspecified atom stereocenters. The van der Waals surface area contributed by atoms with Crippen molar-refractivity contribution in [1.82, 2.24) is 0 Å². The molecular formula is C15H26O2. The van der Waals surface area contributed by atoms with Crippen LogP contribution >= 0.6 is 0 Å².